The Morgan fingerprint density at radius 1 is 0.393 bits per heavy atom. The van der Waals surface area contributed by atoms with Crippen LogP contribution in [-0.4, -0.2) is 9.55 Å². The maximum Gasteiger partial charge on any atom is 0.145 e. The fraction of sp³-hybridized carbons (Fsp3) is 0. The average Bonchev–Trinajstić information content (AvgIpc) is 3.69. The van der Waals surface area contributed by atoms with Crippen LogP contribution in [0.5, 0.6) is 0 Å². The van der Waals surface area contributed by atoms with Crippen LogP contribution in [0, 0.1) is 11.3 Å². The molecule has 0 amide bonds. The summed E-state index contributed by atoms with van der Waals surface area (Å²) in [6.07, 6.45) is 0. The van der Waals surface area contributed by atoms with Crippen molar-refractivity contribution in [1.82, 2.24) is 9.55 Å². The minimum Gasteiger partial charge on any atom is -0.311 e. The number of hydrogen-bond donors (Lipinski definition) is 0. The lowest BCUT2D eigenvalue weighted by atomic mass is 9.99. The lowest BCUT2D eigenvalue weighted by Crippen LogP contribution is -2.09. The lowest BCUT2D eigenvalue weighted by Gasteiger charge is -2.25. The molecule has 0 atom stereocenters. The highest BCUT2D eigenvalue weighted by Gasteiger charge is 2.20. The number of fused-ring (bicyclic) bond motifs is 6. The number of hydrogen-bond acceptors (Lipinski definition) is 3. The molecular weight excluding hydrogens is 681 g/mol. The predicted molar refractivity (Wildman–Crippen MR) is 232 cm³/mol. The van der Waals surface area contributed by atoms with Crippen LogP contribution in [-0.2, 0) is 0 Å². The third-order valence-electron chi connectivity index (χ3n) is 10.6. The summed E-state index contributed by atoms with van der Waals surface area (Å²) in [7, 11) is 0. The van der Waals surface area contributed by atoms with E-state index in [9.17, 15) is 5.26 Å². The molecule has 0 radical (unpaired) electrons. The van der Waals surface area contributed by atoms with Crippen molar-refractivity contribution in [2.45, 2.75) is 0 Å². The minimum atomic E-state index is 0.653. The number of para-hydroxylation sites is 2. The summed E-state index contributed by atoms with van der Waals surface area (Å²) in [6.45, 7) is 0. The van der Waals surface area contributed by atoms with Crippen LogP contribution in [0.15, 0.2) is 206 Å². The third-order valence-corrected chi connectivity index (χ3v) is 10.6. The van der Waals surface area contributed by atoms with Gasteiger partial charge in [0, 0.05) is 39.1 Å². The van der Waals surface area contributed by atoms with E-state index < -0.39 is 0 Å². The highest BCUT2D eigenvalue weighted by atomic mass is 15.1. The summed E-state index contributed by atoms with van der Waals surface area (Å²) in [6, 6.07) is 74.4. The van der Waals surface area contributed by atoms with Gasteiger partial charge in [-0.3, -0.25) is 4.57 Å². The SMILES string of the molecule is N#Cc1ccc(-c2ccc(-n3c(-c4ccc(-c5ccc(N(c6ccccc6)c6ccccc6)cc5)cc4)nc4c5ccccc5c5ccccc5c43)cc2)cc1. The van der Waals surface area contributed by atoms with Gasteiger partial charge >= 0.3 is 0 Å². The van der Waals surface area contributed by atoms with Crippen molar-refractivity contribution < 1.29 is 0 Å². The molecule has 0 aliphatic rings. The number of rotatable bonds is 7. The Morgan fingerprint density at radius 3 is 1.36 bits per heavy atom. The standard InChI is InChI=1S/C52H34N4/c53-35-36-19-21-37(22-20-36)39-29-33-45(34-30-39)56-51-49-18-10-8-16-47(49)46-15-7-9-17-48(46)50(51)54-52(56)41-25-23-38(24-26-41)40-27-31-44(32-28-40)55(42-11-3-1-4-12-42)43-13-5-2-6-14-43/h1-34H. The van der Waals surface area contributed by atoms with Crippen LogP contribution in [0.4, 0.5) is 17.1 Å². The normalized spacial score (nSPS) is 11.2. The van der Waals surface area contributed by atoms with E-state index in [-0.39, 0.29) is 0 Å². The Hall–Kier alpha value is -7.74. The van der Waals surface area contributed by atoms with Gasteiger partial charge in [0.15, 0.2) is 0 Å². The molecule has 10 rings (SSSR count). The van der Waals surface area contributed by atoms with E-state index in [0.717, 1.165) is 78.2 Å². The van der Waals surface area contributed by atoms with E-state index in [4.69, 9.17) is 4.98 Å². The molecule has 0 fully saturated rings. The Bertz CT molecular complexity index is 2990. The van der Waals surface area contributed by atoms with Crippen molar-refractivity contribution in [3.05, 3.63) is 212 Å². The zero-order chi connectivity index (χ0) is 37.4. The van der Waals surface area contributed by atoms with Gasteiger partial charge in [-0.25, -0.2) is 4.98 Å². The number of imidazole rings is 1. The molecule has 262 valence electrons. The zero-order valence-corrected chi connectivity index (χ0v) is 30.4. The highest BCUT2D eigenvalue weighted by molar-refractivity contribution is 6.24. The van der Waals surface area contributed by atoms with Gasteiger partial charge in [0.1, 0.15) is 5.82 Å². The largest absolute Gasteiger partial charge is 0.311 e. The van der Waals surface area contributed by atoms with Crippen molar-refractivity contribution >= 4 is 49.6 Å². The van der Waals surface area contributed by atoms with E-state index in [1.165, 1.54) is 10.8 Å². The Morgan fingerprint density at radius 2 is 0.804 bits per heavy atom. The van der Waals surface area contributed by atoms with E-state index in [1.54, 1.807) is 0 Å². The molecule has 0 N–H and O–H groups in total. The third kappa shape index (κ3) is 5.76. The lowest BCUT2D eigenvalue weighted by molar-refractivity contribution is 1.11. The molecule has 0 aliphatic carbocycles. The number of nitrogens with zero attached hydrogens (tertiary/aromatic N) is 4. The summed E-state index contributed by atoms with van der Waals surface area (Å²) in [5.41, 5.74) is 12.5. The maximum absolute atomic E-state index is 9.30. The first-order valence-electron chi connectivity index (χ1n) is 18.8. The molecule has 0 unspecified atom stereocenters. The van der Waals surface area contributed by atoms with Crippen LogP contribution < -0.4 is 4.90 Å². The molecule has 0 saturated carbocycles. The molecule has 0 aliphatic heterocycles. The Balaban J connectivity index is 1.07. The van der Waals surface area contributed by atoms with Crippen LogP contribution in [0.2, 0.25) is 0 Å². The summed E-state index contributed by atoms with van der Waals surface area (Å²) >= 11 is 0. The van der Waals surface area contributed by atoms with E-state index in [1.807, 2.05) is 36.4 Å². The molecule has 0 spiro atoms. The van der Waals surface area contributed by atoms with Gasteiger partial charge in [-0.05, 0) is 93.7 Å². The van der Waals surface area contributed by atoms with Crippen molar-refractivity contribution in [2.75, 3.05) is 4.90 Å². The summed E-state index contributed by atoms with van der Waals surface area (Å²) < 4.78 is 2.32. The monoisotopic (exact) mass is 714 g/mol. The maximum atomic E-state index is 9.30. The van der Waals surface area contributed by atoms with Gasteiger partial charge in [0.2, 0.25) is 0 Å². The number of anilines is 3. The molecule has 1 aromatic heterocycles. The Kier molecular flexibility index (Phi) is 8.17. The fourth-order valence-electron chi connectivity index (χ4n) is 7.91. The number of nitriles is 1. The van der Waals surface area contributed by atoms with E-state index in [0.29, 0.717) is 5.56 Å². The second kappa shape index (κ2) is 13.9. The first-order chi connectivity index (χ1) is 27.7. The van der Waals surface area contributed by atoms with Crippen LogP contribution >= 0.6 is 0 Å². The molecule has 0 saturated heterocycles. The summed E-state index contributed by atoms with van der Waals surface area (Å²) in [5, 5.41) is 14.0. The highest BCUT2D eigenvalue weighted by Crippen LogP contribution is 2.40. The molecule has 4 heteroatoms. The topological polar surface area (TPSA) is 44.9 Å². The molecule has 1 heterocycles. The number of benzene rings is 9. The minimum absolute atomic E-state index is 0.653. The second-order valence-corrected chi connectivity index (χ2v) is 13.9. The van der Waals surface area contributed by atoms with Gasteiger partial charge in [0.25, 0.3) is 0 Å². The smallest absolute Gasteiger partial charge is 0.145 e. The van der Waals surface area contributed by atoms with Gasteiger partial charge in [0.05, 0.1) is 22.7 Å². The molecule has 4 nitrogen and oxygen atoms in total. The van der Waals surface area contributed by atoms with Gasteiger partial charge in [-0.1, -0.05) is 146 Å². The summed E-state index contributed by atoms with van der Waals surface area (Å²) in [4.78, 5) is 7.73. The van der Waals surface area contributed by atoms with Crippen molar-refractivity contribution in [3.63, 3.8) is 0 Å². The van der Waals surface area contributed by atoms with Crippen molar-refractivity contribution in [1.29, 1.82) is 5.26 Å². The van der Waals surface area contributed by atoms with Crippen molar-refractivity contribution in [3.8, 4) is 45.4 Å². The van der Waals surface area contributed by atoms with Crippen LogP contribution in [0.3, 0.4) is 0 Å². The molecule has 0 bridgehead atoms. The zero-order valence-electron chi connectivity index (χ0n) is 30.4. The molecular formula is C52H34N4. The first kappa shape index (κ1) is 32.9. The molecule has 10 aromatic rings. The van der Waals surface area contributed by atoms with Gasteiger partial charge in [-0.15, -0.1) is 0 Å². The average molecular weight is 715 g/mol. The summed E-state index contributed by atoms with van der Waals surface area (Å²) in [5.74, 6) is 0.885. The number of aromatic nitrogens is 2. The fourth-order valence-corrected chi connectivity index (χ4v) is 7.91. The first-order valence-corrected chi connectivity index (χ1v) is 18.8. The van der Waals surface area contributed by atoms with Crippen molar-refractivity contribution in [2.24, 2.45) is 0 Å². The van der Waals surface area contributed by atoms with E-state index in [2.05, 4.69) is 185 Å². The molecule has 56 heavy (non-hydrogen) atoms. The Labute approximate surface area is 325 Å². The second-order valence-electron chi connectivity index (χ2n) is 13.9. The van der Waals surface area contributed by atoms with Crippen LogP contribution in [0.25, 0.3) is 71.9 Å². The molecule has 9 aromatic carbocycles. The van der Waals surface area contributed by atoms with E-state index >= 15 is 0 Å². The van der Waals surface area contributed by atoms with Crippen LogP contribution in [0.1, 0.15) is 5.56 Å². The van der Waals surface area contributed by atoms with Gasteiger partial charge < -0.3 is 4.90 Å². The predicted octanol–water partition coefficient (Wildman–Crippen LogP) is 13.7. The quantitative estimate of drug-likeness (QED) is 0.154. The van der Waals surface area contributed by atoms with Gasteiger partial charge in [-0.2, -0.15) is 5.26 Å².